The number of hydrogen-bond donors (Lipinski definition) is 0. The standard InChI is InChI=1S/C20H17F5N2O3/c21-15-6-5-13(11-16(15)22)19(29)27-9-7-26(8-10-27)18(28)12-30-17-4-2-1-3-14(17)20(23,24)25/h1-6,11H,7-10,12H2. The molecule has 5 nitrogen and oxygen atoms in total. The lowest BCUT2D eigenvalue weighted by Gasteiger charge is -2.34. The number of carbonyl (C=O) groups is 2. The van der Waals surface area contributed by atoms with Crippen LogP contribution in [-0.4, -0.2) is 54.4 Å². The Balaban J connectivity index is 1.55. The first-order valence-electron chi connectivity index (χ1n) is 8.98. The van der Waals surface area contributed by atoms with E-state index in [-0.39, 0.29) is 31.7 Å². The molecular formula is C20H17F5N2O3. The Morgan fingerprint density at radius 3 is 2.17 bits per heavy atom. The number of halogens is 5. The van der Waals surface area contributed by atoms with Gasteiger partial charge < -0.3 is 14.5 Å². The summed E-state index contributed by atoms with van der Waals surface area (Å²) in [6.45, 7) is -0.0211. The van der Waals surface area contributed by atoms with Gasteiger partial charge in [0.1, 0.15) is 5.75 Å². The molecule has 2 amide bonds. The van der Waals surface area contributed by atoms with E-state index < -0.39 is 47.5 Å². The summed E-state index contributed by atoms with van der Waals surface area (Å²) in [5, 5.41) is 0. The van der Waals surface area contributed by atoms with Crippen LogP contribution in [0.4, 0.5) is 22.0 Å². The summed E-state index contributed by atoms with van der Waals surface area (Å²) in [5.74, 6) is -3.66. The fourth-order valence-electron chi connectivity index (χ4n) is 3.03. The summed E-state index contributed by atoms with van der Waals surface area (Å²) in [6.07, 6.45) is -4.61. The van der Waals surface area contributed by atoms with E-state index in [1.54, 1.807) is 0 Å². The molecule has 0 atom stereocenters. The molecule has 160 valence electrons. The Labute approximate surface area is 168 Å². The molecule has 0 aromatic heterocycles. The number of para-hydroxylation sites is 1. The van der Waals surface area contributed by atoms with E-state index in [2.05, 4.69) is 0 Å². The Bertz CT molecular complexity index is 940. The van der Waals surface area contributed by atoms with Crippen molar-refractivity contribution >= 4 is 11.8 Å². The van der Waals surface area contributed by atoms with Crippen LogP contribution in [-0.2, 0) is 11.0 Å². The van der Waals surface area contributed by atoms with Gasteiger partial charge in [0.15, 0.2) is 18.2 Å². The Morgan fingerprint density at radius 1 is 0.900 bits per heavy atom. The van der Waals surface area contributed by atoms with Gasteiger partial charge in [-0.15, -0.1) is 0 Å². The van der Waals surface area contributed by atoms with Gasteiger partial charge in [-0.1, -0.05) is 12.1 Å². The van der Waals surface area contributed by atoms with E-state index in [0.717, 1.165) is 24.3 Å². The van der Waals surface area contributed by atoms with Crippen molar-refractivity contribution in [3.8, 4) is 5.75 Å². The molecule has 1 fully saturated rings. The Kier molecular flexibility index (Phi) is 6.23. The highest BCUT2D eigenvalue weighted by molar-refractivity contribution is 5.94. The van der Waals surface area contributed by atoms with Crippen LogP contribution < -0.4 is 4.74 Å². The van der Waals surface area contributed by atoms with Crippen molar-refractivity contribution in [2.24, 2.45) is 0 Å². The summed E-state index contributed by atoms with van der Waals surface area (Å²) in [5.41, 5.74) is -0.986. The third-order valence-electron chi connectivity index (χ3n) is 4.63. The lowest BCUT2D eigenvalue weighted by atomic mass is 10.1. The minimum Gasteiger partial charge on any atom is -0.483 e. The highest BCUT2D eigenvalue weighted by atomic mass is 19.4. The molecule has 0 bridgehead atoms. The zero-order chi connectivity index (χ0) is 21.9. The van der Waals surface area contributed by atoms with Crippen LogP contribution in [0.5, 0.6) is 5.75 Å². The molecule has 2 aromatic carbocycles. The molecule has 1 saturated heterocycles. The maximum absolute atomic E-state index is 13.3. The number of amides is 2. The highest BCUT2D eigenvalue weighted by Gasteiger charge is 2.34. The summed E-state index contributed by atoms with van der Waals surface area (Å²) < 4.78 is 70.3. The van der Waals surface area contributed by atoms with Gasteiger partial charge in [0, 0.05) is 31.7 Å². The SMILES string of the molecule is O=C(COc1ccccc1C(F)(F)F)N1CCN(C(=O)c2ccc(F)c(F)c2)CC1. The van der Waals surface area contributed by atoms with E-state index in [1.165, 1.54) is 28.0 Å². The second kappa shape index (κ2) is 8.68. The van der Waals surface area contributed by atoms with E-state index in [1.807, 2.05) is 0 Å². The molecule has 1 heterocycles. The minimum atomic E-state index is -4.61. The Morgan fingerprint density at radius 2 is 1.53 bits per heavy atom. The van der Waals surface area contributed by atoms with Crippen molar-refractivity contribution < 1.29 is 36.3 Å². The van der Waals surface area contributed by atoms with Crippen LogP contribution in [0.2, 0.25) is 0 Å². The predicted octanol–water partition coefficient (Wildman–Crippen LogP) is 3.35. The quantitative estimate of drug-likeness (QED) is 0.702. The fraction of sp³-hybridized carbons (Fsp3) is 0.300. The summed E-state index contributed by atoms with van der Waals surface area (Å²) in [6, 6.07) is 7.43. The average Bonchev–Trinajstić information content (AvgIpc) is 2.73. The molecule has 3 rings (SSSR count). The van der Waals surface area contributed by atoms with Crippen LogP contribution in [0, 0.1) is 11.6 Å². The van der Waals surface area contributed by atoms with Crippen molar-refractivity contribution in [1.82, 2.24) is 9.80 Å². The van der Waals surface area contributed by atoms with Gasteiger partial charge in [-0.05, 0) is 30.3 Å². The normalized spacial score (nSPS) is 14.6. The molecule has 0 unspecified atom stereocenters. The average molecular weight is 428 g/mol. The molecule has 2 aromatic rings. The van der Waals surface area contributed by atoms with Crippen LogP contribution in [0.3, 0.4) is 0 Å². The summed E-state index contributed by atoms with van der Waals surface area (Å²) >= 11 is 0. The lowest BCUT2D eigenvalue weighted by molar-refractivity contribution is -0.141. The maximum Gasteiger partial charge on any atom is 0.419 e. The molecule has 30 heavy (non-hydrogen) atoms. The minimum absolute atomic E-state index is 0.0132. The highest BCUT2D eigenvalue weighted by Crippen LogP contribution is 2.35. The van der Waals surface area contributed by atoms with E-state index in [9.17, 15) is 31.5 Å². The second-order valence-electron chi connectivity index (χ2n) is 6.58. The first-order valence-corrected chi connectivity index (χ1v) is 8.98. The number of ether oxygens (including phenoxy) is 1. The summed E-state index contributed by atoms with van der Waals surface area (Å²) in [4.78, 5) is 27.4. The molecule has 1 aliphatic heterocycles. The monoisotopic (exact) mass is 428 g/mol. The lowest BCUT2D eigenvalue weighted by Crippen LogP contribution is -2.51. The van der Waals surface area contributed by atoms with Crippen molar-refractivity contribution in [2.75, 3.05) is 32.8 Å². The van der Waals surface area contributed by atoms with Crippen molar-refractivity contribution in [2.45, 2.75) is 6.18 Å². The number of nitrogens with zero attached hydrogens (tertiary/aromatic N) is 2. The number of benzene rings is 2. The van der Waals surface area contributed by atoms with Crippen LogP contribution in [0.15, 0.2) is 42.5 Å². The number of hydrogen-bond acceptors (Lipinski definition) is 3. The van der Waals surface area contributed by atoms with Crippen molar-refractivity contribution in [3.05, 3.63) is 65.2 Å². The van der Waals surface area contributed by atoms with E-state index in [0.29, 0.717) is 0 Å². The molecule has 1 aliphatic rings. The van der Waals surface area contributed by atoms with Gasteiger partial charge in [-0.3, -0.25) is 9.59 Å². The molecule has 0 spiro atoms. The molecule has 0 aliphatic carbocycles. The predicted molar refractivity (Wildman–Crippen MR) is 95.8 cm³/mol. The zero-order valence-corrected chi connectivity index (χ0v) is 15.6. The molecule has 0 saturated carbocycles. The molecule has 0 radical (unpaired) electrons. The molecule has 0 N–H and O–H groups in total. The van der Waals surface area contributed by atoms with Crippen LogP contribution in [0.1, 0.15) is 15.9 Å². The smallest absolute Gasteiger partial charge is 0.419 e. The van der Waals surface area contributed by atoms with Gasteiger partial charge in [-0.2, -0.15) is 13.2 Å². The zero-order valence-electron chi connectivity index (χ0n) is 15.6. The van der Waals surface area contributed by atoms with E-state index in [4.69, 9.17) is 4.74 Å². The van der Waals surface area contributed by atoms with Crippen LogP contribution in [0.25, 0.3) is 0 Å². The maximum atomic E-state index is 13.3. The van der Waals surface area contributed by atoms with Gasteiger partial charge in [0.2, 0.25) is 0 Å². The number of piperazine rings is 1. The summed E-state index contributed by atoms with van der Waals surface area (Å²) in [7, 11) is 0. The van der Waals surface area contributed by atoms with Gasteiger partial charge in [-0.25, -0.2) is 8.78 Å². The van der Waals surface area contributed by atoms with Gasteiger partial charge in [0.05, 0.1) is 5.56 Å². The molecule has 10 heteroatoms. The first kappa shape index (κ1) is 21.5. The third-order valence-corrected chi connectivity index (χ3v) is 4.63. The first-order chi connectivity index (χ1) is 14.2. The largest absolute Gasteiger partial charge is 0.483 e. The van der Waals surface area contributed by atoms with Gasteiger partial charge in [0.25, 0.3) is 11.8 Å². The van der Waals surface area contributed by atoms with E-state index >= 15 is 0 Å². The van der Waals surface area contributed by atoms with Crippen molar-refractivity contribution in [3.63, 3.8) is 0 Å². The number of rotatable bonds is 4. The molecular weight excluding hydrogens is 411 g/mol. The Hall–Kier alpha value is -3.17. The second-order valence-corrected chi connectivity index (χ2v) is 6.58. The number of carbonyl (C=O) groups excluding carboxylic acids is 2. The fourth-order valence-corrected chi connectivity index (χ4v) is 3.03. The third kappa shape index (κ3) is 4.87. The van der Waals surface area contributed by atoms with Crippen molar-refractivity contribution in [1.29, 1.82) is 0 Å². The number of alkyl halides is 3. The van der Waals surface area contributed by atoms with Crippen LogP contribution >= 0.6 is 0 Å². The van der Waals surface area contributed by atoms with Gasteiger partial charge >= 0.3 is 6.18 Å². The topological polar surface area (TPSA) is 49.9 Å².